The molecular weight excluding hydrogens is 347 g/mol. The van der Waals surface area contributed by atoms with Gasteiger partial charge in [-0.1, -0.05) is 0 Å². The molecule has 1 atom stereocenters. The second-order valence-corrected chi connectivity index (χ2v) is 6.29. The number of aromatic nitrogens is 1. The first kappa shape index (κ1) is 20.3. The molecule has 26 heavy (non-hydrogen) atoms. The number of ether oxygens (including phenoxy) is 1. The van der Waals surface area contributed by atoms with Gasteiger partial charge in [0.2, 0.25) is 0 Å². The molecule has 2 heterocycles. The van der Waals surface area contributed by atoms with Crippen LogP contribution in [0.1, 0.15) is 18.4 Å². The van der Waals surface area contributed by atoms with Gasteiger partial charge in [0.05, 0.1) is 12.2 Å². The Kier molecular flexibility index (Phi) is 7.50. The molecule has 0 spiro atoms. The molecule has 0 bridgehead atoms. The fraction of sp³-hybridized carbons (Fsp3) is 0.647. The highest BCUT2D eigenvalue weighted by Crippen LogP contribution is 2.28. The van der Waals surface area contributed by atoms with Crippen molar-refractivity contribution in [2.24, 2.45) is 10.9 Å². The van der Waals surface area contributed by atoms with E-state index in [-0.39, 0.29) is 0 Å². The first-order valence-corrected chi connectivity index (χ1v) is 8.67. The number of alkyl halides is 3. The maximum atomic E-state index is 12.5. The summed E-state index contributed by atoms with van der Waals surface area (Å²) in [7, 11) is 3.74. The van der Waals surface area contributed by atoms with E-state index in [0.717, 1.165) is 50.8 Å². The van der Waals surface area contributed by atoms with E-state index in [1.54, 1.807) is 7.05 Å². The van der Waals surface area contributed by atoms with Gasteiger partial charge in [-0.25, -0.2) is 4.98 Å². The number of aliphatic imine (C=N–C) groups is 1. The predicted molar refractivity (Wildman–Crippen MR) is 95.3 cm³/mol. The van der Waals surface area contributed by atoms with E-state index in [0.29, 0.717) is 24.8 Å². The van der Waals surface area contributed by atoms with Crippen LogP contribution in [0.25, 0.3) is 0 Å². The van der Waals surface area contributed by atoms with Crippen molar-refractivity contribution in [3.63, 3.8) is 0 Å². The first-order chi connectivity index (χ1) is 12.4. The molecule has 6 nitrogen and oxygen atoms in total. The summed E-state index contributed by atoms with van der Waals surface area (Å²) in [6.45, 7) is 3.82. The number of nitrogens with one attached hydrogen (secondary N) is 2. The number of anilines is 1. The molecule has 1 aromatic rings. The summed E-state index contributed by atoms with van der Waals surface area (Å²) >= 11 is 0. The minimum Gasteiger partial charge on any atom is -0.381 e. The monoisotopic (exact) mass is 373 g/mol. The Morgan fingerprint density at radius 2 is 2.19 bits per heavy atom. The molecule has 0 saturated carbocycles. The average Bonchev–Trinajstić information content (AvgIpc) is 3.10. The van der Waals surface area contributed by atoms with Crippen molar-refractivity contribution in [3.05, 3.63) is 23.9 Å². The zero-order valence-corrected chi connectivity index (χ0v) is 15.1. The van der Waals surface area contributed by atoms with Gasteiger partial charge >= 0.3 is 6.18 Å². The van der Waals surface area contributed by atoms with Crippen LogP contribution in [0.4, 0.5) is 19.0 Å². The molecule has 0 radical (unpaired) electrons. The lowest BCUT2D eigenvalue weighted by Crippen LogP contribution is -2.42. The molecule has 0 aliphatic carbocycles. The lowest BCUT2D eigenvalue weighted by molar-refractivity contribution is -0.137. The third kappa shape index (κ3) is 6.36. The number of hydrogen-bond acceptors (Lipinski definition) is 4. The third-order valence-corrected chi connectivity index (χ3v) is 4.16. The average molecular weight is 373 g/mol. The van der Waals surface area contributed by atoms with Crippen LogP contribution >= 0.6 is 0 Å². The summed E-state index contributed by atoms with van der Waals surface area (Å²) in [6, 6.07) is 2.36. The summed E-state index contributed by atoms with van der Waals surface area (Å²) in [6.07, 6.45) is -1.67. The number of hydrogen-bond donors (Lipinski definition) is 2. The van der Waals surface area contributed by atoms with E-state index in [4.69, 9.17) is 4.74 Å². The largest absolute Gasteiger partial charge is 0.417 e. The van der Waals surface area contributed by atoms with Gasteiger partial charge < -0.3 is 20.3 Å². The van der Waals surface area contributed by atoms with Crippen LogP contribution < -0.4 is 10.6 Å². The molecular formula is C17H26F3N5O. The van der Waals surface area contributed by atoms with Gasteiger partial charge in [-0.15, -0.1) is 0 Å². The molecule has 146 valence electrons. The van der Waals surface area contributed by atoms with Crippen molar-refractivity contribution in [1.82, 2.24) is 15.2 Å². The normalized spacial score (nSPS) is 18.0. The lowest BCUT2D eigenvalue weighted by Gasteiger charge is -2.24. The van der Waals surface area contributed by atoms with Crippen LogP contribution in [-0.4, -0.2) is 62.8 Å². The molecule has 1 aliphatic heterocycles. The van der Waals surface area contributed by atoms with Crippen molar-refractivity contribution in [1.29, 1.82) is 0 Å². The lowest BCUT2D eigenvalue weighted by atomic mass is 10.1. The van der Waals surface area contributed by atoms with E-state index in [2.05, 4.69) is 25.5 Å². The van der Waals surface area contributed by atoms with Gasteiger partial charge in [-0.05, 0) is 25.0 Å². The Balaban J connectivity index is 1.65. The second kappa shape index (κ2) is 9.61. The zero-order chi connectivity index (χ0) is 19.0. The highest BCUT2D eigenvalue weighted by atomic mass is 19.4. The second-order valence-electron chi connectivity index (χ2n) is 6.29. The number of rotatable bonds is 7. The maximum Gasteiger partial charge on any atom is 0.417 e. The molecule has 0 aromatic carbocycles. The summed E-state index contributed by atoms with van der Waals surface area (Å²) in [5.41, 5.74) is -0.746. The van der Waals surface area contributed by atoms with Crippen molar-refractivity contribution in [2.45, 2.75) is 19.0 Å². The fourth-order valence-corrected chi connectivity index (χ4v) is 2.76. The molecule has 2 N–H and O–H groups in total. The number of guanidine groups is 1. The highest BCUT2D eigenvalue weighted by molar-refractivity contribution is 5.79. The molecule has 1 saturated heterocycles. The van der Waals surface area contributed by atoms with Crippen molar-refractivity contribution in [2.75, 3.05) is 52.3 Å². The van der Waals surface area contributed by atoms with Crippen molar-refractivity contribution in [3.8, 4) is 0 Å². The molecule has 1 fully saturated rings. The summed E-state index contributed by atoms with van der Waals surface area (Å²) in [5, 5.41) is 6.30. The number of nitrogens with zero attached hydrogens (tertiary/aromatic N) is 3. The van der Waals surface area contributed by atoms with Crippen molar-refractivity contribution >= 4 is 11.8 Å². The number of halogens is 3. The van der Waals surface area contributed by atoms with E-state index in [1.165, 1.54) is 6.07 Å². The number of pyridine rings is 1. The maximum absolute atomic E-state index is 12.5. The van der Waals surface area contributed by atoms with Crippen LogP contribution in [0.15, 0.2) is 23.3 Å². The first-order valence-electron chi connectivity index (χ1n) is 8.67. The Bertz CT molecular complexity index is 571. The van der Waals surface area contributed by atoms with Gasteiger partial charge in [0.25, 0.3) is 0 Å². The smallest absolute Gasteiger partial charge is 0.381 e. The van der Waals surface area contributed by atoms with E-state index in [9.17, 15) is 13.2 Å². The predicted octanol–water partition coefficient (Wildman–Crippen LogP) is 2.45. The Hall–Kier alpha value is -2.03. The molecule has 9 heteroatoms. The van der Waals surface area contributed by atoms with Gasteiger partial charge in [0.1, 0.15) is 5.82 Å². The summed E-state index contributed by atoms with van der Waals surface area (Å²) in [5.74, 6) is 1.79. The van der Waals surface area contributed by atoms with E-state index < -0.39 is 11.7 Å². The van der Waals surface area contributed by atoms with E-state index >= 15 is 0 Å². The van der Waals surface area contributed by atoms with Gasteiger partial charge in [-0.3, -0.25) is 4.99 Å². The minimum atomic E-state index is -4.36. The Labute approximate surface area is 151 Å². The minimum absolute atomic E-state index is 0.431. The SMILES string of the molecule is CN=C(NCCCNc1ccc(C(F)(F)F)cn1)N(C)CC1CCOC1. The molecule has 1 aromatic heterocycles. The van der Waals surface area contributed by atoms with Crippen LogP contribution in [0.5, 0.6) is 0 Å². The van der Waals surface area contributed by atoms with Crippen LogP contribution in [0, 0.1) is 5.92 Å². The van der Waals surface area contributed by atoms with Crippen molar-refractivity contribution < 1.29 is 17.9 Å². The standard InChI is InChI=1S/C17H26F3N5O/c1-21-16(25(2)11-13-6-9-26-12-13)23-8-3-7-22-15-5-4-14(10-24-15)17(18,19)20/h4-5,10,13H,3,6-9,11-12H2,1-2H3,(H,21,23)(H,22,24). The topological polar surface area (TPSA) is 61.8 Å². The zero-order valence-electron chi connectivity index (χ0n) is 15.1. The summed E-state index contributed by atoms with van der Waals surface area (Å²) in [4.78, 5) is 10.1. The van der Waals surface area contributed by atoms with Crippen LogP contribution in [-0.2, 0) is 10.9 Å². The van der Waals surface area contributed by atoms with Crippen LogP contribution in [0.3, 0.4) is 0 Å². The quantitative estimate of drug-likeness (QED) is 0.437. The Morgan fingerprint density at radius 1 is 1.38 bits per heavy atom. The van der Waals surface area contributed by atoms with Gasteiger partial charge in [0, 0.05) is 52.5 Å². The molecule has 0 amide bonds. The Morgan fingerprint density at radius 3 is 2.77 bits per heavy atom. The third-order valence-electron chi connectivity index (χ3n) is 4.16. The molecule has 1 aliphatic rings. The fourth-order valence-electron chi connectivity index (χ4n) is 2.76. The van der Waals surface area contributed by atoms with Gasteiger partial charge in [0.15, 0.2) is 5.96 Å². The molecule has 1 unspecified atom stereocenters. The molecule has 2 rings (SSSR count). The summed E-state index contributed by atoms with van der Waals surface area (Å²) < 4.78 is 42.8. The van der Waals surface area contributed by atoms with Crippen LogP contribution in [0.2, 0.25) is 0 Å². The van der Waals surface area contributed by atoms with Gasteiger partial charge in [-0.2, -0.15) is 13.2 Å². The highest BCUT2D eigenvalue weighted by Gasteiger charge is 2.30. The van der Waals surface area contributed by atoms with E-state index in [1.807, 2.05) is 7.05 Å².